The smallest absolute Gasteiger partial charge is 0.171 e. The molecule has 9 atom stereocenters. The third kappa shape index (κ3) is 2.70. The van der Waals surface area contributed by atoms with E-state index in [1.54, 1.807) is 6.08 Å². The monoisotopic (exact) mass is 464 g/mol. The molecule has 3 aliphatic heterocycles. The number of ketones is 1. The van der Waals surface area contributed by atoms with Crippen LogP contribution in [0, 0.1) is 16.7 Å². The third-order valence-corrected chi connectivity index (χ3v) is 9.47. The Balaban J connectivity index is 1.84. The first kappa shape index (κ1) is 23.9. The zero-order valence-electron chi connectivity index (χ0n) is 21.3. The van der Waals surface area contributed by atoms with Gasteiger partial charge in [0.05, 0.1) is 17.8 Å². The molecular formula is C26H40O7. The third-order valence-electron chi connectivity index (χ3n) is 9.47. The number of hydrogen-bond acceptors (Lipinski definition) is 7. The first-order valence-corrected chi connectivity index (χ1v) is 12.2. The Morgan fingerprint density at radius 3 is 2.27 bits per heavy atom. The molecule has 5 aliphatic rings. The van der Waals surface area contributed by atoms with Crippen LogP contribution in [-0.2, 0) is 28.5 Å². The minimum atomic E-state index is -1.35. The van der Waals surface area contributed by atoms with Crippen LogP contribution in [0.15, 0.2) is 12.7 Å². The zero-order chi connectivity index (χ0) is 24.5. The minimum Gasteiger partial charge on any atom is -0.396 e. The zero-order valence-corrected chi connectivity index (χ0v) is 21.3. The predicted molar refractivity (Wildman–Crippen MR) is 120 cm³/mol. The number of Topliss-reactive ketones (excluding diaryl/α,β-unsaturated/α-hetero) is 1. The highest BCUT2D eigenvalue weighted by molar-refractivity contribution is 5.93. The van der Waals surface area contributed by atoms with Crippen LogP contribution in [0.1, 0.15) is 74.7 Å². The van der Waals surface area contributed by atoms with E-state index < -0.39 is 51.4 Å². The van der Waals surface area contributed by atoms with Crippen molar-refractivity contribution in [3.05, 3.63) is 12.7 Å². The summed E-state index contributed by atoms with van der Waals surface area (Å²) in [6.07, 6.45) is 2.07. The van der Waals surface area contributed by atoms with Crippen LogP contribution in [-0.4, -0.2) is 64.2 Å². The van der Waals surface area contributed by atoms with E-state index >= 15 is 0 Å². The van der Waals surface area contributed by atoms with Crippen molar-refractivity contribution in [2.75, 3.05) is 6.61 Å². The molecule has 0 aromatic carbocycles. The quantitative estimate of drug-likeness (QED) is 0.626. The van der Waals surface area contributed by atoms with Crippen molar-refractivity contribution in [1.29, 1.82) is 0 Å². The fourth-order valence-electron chi connectivity index (χ4n) is 8.36. The summed E-state index contributed by atoms with van der Waals surface area (Å²) < 4.78 is 33.4. The van der Waals surface area contributed by atoms with Gasteiger partial charge in [-0.25, -0.2) is 0 Å². The second-order valence-corrected chi connectivity index (χ2v) is 12.7. The van der Waals surface area contributed by atoms with Crippen molar-refractivity contribution in [3.63, 3.8) is 0 Å². The summed E-state index contributed by atoms with van der Waals surface area (Å²) in [6, 6.07) is 0. The normalized spacial score (nSPS) is 56.5. The lowest BCUT2D eigenvalue weighted by Gasteiger charge is -2.75. The van der Waals surface area contributed by atoms with Crippen LogP contribution < -0.4 is 0 Å². The van der Waals surface area contributed by atoms with E-state index in [0.717, 1.165) is 6.42 Å². The first-order valence-electron chi connectivity index (χ1n) is 12.2. The molecule has 2 aliphatic carbocycles. The van der Waals surface area contributed by atoms with Gasteiger partial charge in [-0.1, -0.05) is 19.9 Å². The maximum Gasteiger partial charge on any atom is 0.171 e. The number of carbonyl (C=O) groups is 1. The molecule has 3 heterocycles. The molecule has 2 saturated carbocycles. The van der Waals surface area contributed by atoms with E-state index in [9.17, 15) is 9.90 Å². The van der Waals surface area contributed by atoms with Crippen molar-refractivity contribution >= 4 is 5.78 Å². The standard InChI is InChI=1S/C26H40O7/c1-10-23(7)13-15(28)26-24(8)16(29-21(4,5)32-26)11-12-22(6,14-27)18(24)17-19(25(26,9)33-23)31-20(2,3)30-17/h10,16-19,27H,1,11-14H2,2-9H3/t16-,17-,18-,19-,22-,23-,24-,25+,26-/m0/s1. The molecule has 0 unspecified atom stereocenters. The van der Waals surface area contributed by atoms with E-state index in [0.29, 0.717) is 6.42 Å². The topological polar surface area (TPSA) is 83.5 Å². The Morgan fingerprint density at radius 1 is 1.00 bits per heavy atom. The first-order chi connectivity index (χ1) is 15.0. The molecule has 3 saturated heterocycles. The van der Waals surface area contributed by atoms with Crippen LogP contribution >= 0.6 is 0 Å². The molecular weight excluding hydrogens is 424 g/mol. The number of aliphatic hydroxyl groups excluding tert-OH is 1. The number of aliphatic hydroxyl groups is 1. The molecule has 0 bridgehead atoms. The van der Waals surface area contributed by atoms with Gasteiger partial charge in [0.2, 0.25) is 0 Å². The highest BCUT2D eigenvalue weighted by Crippen LogP contribution is 2.72. The van der Waals surface area contributed by atoms with Crippen molar-refractivity contribution in [2.24, 2.45) is 16.7 Å². The molecule has 0 aromatic rings. The maximum absolute atomic E-state index is 14.5. The number of carbonyl (C=O) groups excluding carboxylic acids is 1. The number of fused-ring (bicyclic) bond motifs is 3. The van der Waals surface area contributed by atoms with Gasteiger partial charge in [0, 0.05) is 24.4 Å². The summed E-state index contributed by atoms with van der Waals surface area (Å²) in [4.78, 5) is 14.5. The molecule has 33 heavy (non-hydrogen) atoms. The Morgan fingerprint density at radius 2 is 1.67 bits per heavy atom. The van der Waals surface area contributed by atoms with Gasteiger partial charge >= 0.3 is 0 Å². The minimum absolute atomic E-state index is 0.0252. The molecule has 0 aromatic heterocycles. The van der Waals surface area contributed by atoms with Crippen molar-refractivity contribution < 1.29 is 33.6 Å². The fraction of sp³-hybridized carbons (Fsp3) is 0.885. The van der Waals surface area contributed by atoms with Gasteiger partial charge in [-0.2, -0.15) is 0 Å². The van der Waals surface area contributed by atoms with Crippen LogP contribution in [0.4, 0.5) is 0 Å². The van der Waals surface area contributed by atoms with Crippen LogP contribution in [0.5, 0.6) is 0 Å². The van der Waals surface area contributed by atoms with Gasteiger partial charge in [-0.3, -0.25) is 4.79 Å². The molecule has 0 amide bonds. The van der Waals surface area contributed by atoms with E-state index in [-0.39, 0.29) is 30.8 Å². The summed E-state index contributed by atoms with van der Waals surface area (Å²) in [5, 5.41) is 10.7. The molecule has 5 fully saturated rings. The lowest BCUT2D eigenvalue weighted by Crippen LogP contribution is -2.89. The number of ether oxygens (including phenoxy) is 5. The van der Waals surface area contributed by atoms with Crippen molar-refractivity contribution in [1.82, 2.24) is 0 Å². The average Bonchev–Trinajstić information content (AvgIpc) is 3.01. The second kappa shape index (κ2) is 6.48. The fourth-order valence-corrected chi connectivity index (χ4v) is 8.36. The van der Waals surface area contributed by atoms with Crippen molar-refractivity contribution in [2.45, 2.75) is 121 Å². The van der Waals surface area contributed by atoms with E-state index in [1.807, 2.05) is 41.5 Å². The summed E-state index contributed by atoms with van der Waals surface area (Å²) in [5.41, 5.74) is -4.68. The van der Waals surface area contributed by atoms with Gasteiger partial charge in [-0.15, -0.1) is 6.58 Å². The van der Waals surface area contributed by atoms with Gasteiger partial charge in [0.25, 0.3) is 0 Å². The SMILES string of the molecule is C=C[C@@]1(C)CC(=O)[C@@]23OC(C)(C)O[C@H]4CC[C@@](C)(CO)[C@H]([C@@H]5OC(C)(C)O[C@@H]5[C@@]2(C)O1)[C@]43C. The van der Waals surface area contributed by atoms with Gasteiger partial charge in [0.1, 0.15) is 11.7 Å². The van der Waals surface area contributed by atoms with Crippen LogP contribution in [0.3, 0.4) is 0 Å². The lowest BCUT2D eigenvalue weighted by molar-refractivity contribution is -0.458. The molecule has 7 heteroatoms. The Bertz CT molecular complexity index is 899. The highest BCUT2D eigenvalue weighted by atomic mass is 16.8. The largest absolute Gasteiger partial charge is 0.396 e. The predicted octanol–water partition coefficient (Wildman–Crippen LogP) is 3.52. The summed E-state index contributed by atoms with van der Waals surface area (Å²) in [6.45, 7) is 19.5. The number of hydrogen-bond donors (Lipinski definition) is 1. The Labute approximate surface area is 197 Å². The summed E-state index contributed by atoms with van der Waals surface area (Å²) in [5.74, 6) is -2.14. The number of rotatable bonds is 2. The van der Waals surface area contributed by atoms with E-state index in [2.05, 4.69) is 20.4 Å². The summed E-state index contributed by atoms with van der Waals surface area (Å²) in [7, 11) is 0. The molecule has 186 valence electrons. The highest BCUT2D eigenvalue weighted by Gasteiger charge is 2.86. The van der Waals surface area contributed by atoms with E-state index in [4.69, 9.17) is 23.7 Å². The van der Waals surface area contributed by atoms with Crippen LogP contribution in [0.25, 0.3) is 0 Å². The molecule has 7 nitrogen and oxygen atoms in total. The Hall–Kier alpha value is -0.830. The molecule has 5 rings (SSSR count). The van der Waals surface area contributed by atoms with E-state index in [1.165, 1.54) is 0 Å². The second-order valence-electron chi connectivity index (χ2n) is 12.7. The van der Waals surface area contributed by atoms with Gasteiger partial charge < -0.3 is 28.8 Å². The average molecular weight is 465 g/mol. The molecule has 0 radical (unpaired) electrons. The molecule has 1 spiro atoms. The molecule has 1 N–H and O–H groups in total. The lowest BCUT2D eigenvalue weighted by atomic mass is 9.39. The van der Waals surface area contributed by atoms with Crippen LogP contribution in [0.2, 0.25) is 0 Å². The maximum atomic E-state index is 14.5. The van der Waals surface area contributed by atoms with Gasteiger partial charge in [-0.05, 0) is 59.8 Å². The summed E-state index contributed by atoms with van der Waals surface area (Å²) >= 11 is 0. The van der Waals surface area contributed by atoms with Crippen molar-refractivity contribution in [3.8, 4) is 0 Å². The Kier molecular flexibility index (Phi) is 4.69. The van der Waals surface area contributed by atoms with Gasteiger partial charge in [0.15, 0.2) is 23.0 Å².